The fraction of sp³-hybridized carbons (Fsp3) is 0.240. The third-order valence-electron chi connectivity index (χ3n) is 5.30. The van der Waals surface area contributed by atoms with Crippen LogP contribution in [0.5, 0.6) is 11.5 Å². The molecule has 3 aromatic rings. The number of aryl methyl sites for hydroxylation is 1. The first-order valence-corrected chi connectivity index (χ1v) is 10.6. The third-order valence-corrected chi connectivity index (χ3v) is 5.30. The molecular formula is C25H24N2O6. The van der Waals surface area contributed by atoms with E-state index >= 15 is 0 Å². The summed E-state index contributed by atoms with van der Waals surface area (Å²) in [5.41, 5.74) is 0.890. The highest BCUT2D eigenvalue weighted by molar-refractivity contribution is 6.51. The van der Waals surface area contributed by atoms with Crippen LogP contribution in [-0.4, -0.2) is 35.7 Å². The summed E-state index contributed by atoms with van der Waals surface area (Å²) >= 11 is 0. The van der Waals surface area contributed by atoms with Gasteiger partial charge < -0.3 is 19.1 Å². The molecule has 0 saturated carbocycles. The van der Waals surface area contributed by atoms with Crippen molar-refractivity contribution in [3.8, 4) is 11.5 Å². The maximum Gasteiger partial charge on any atom is 0.301 e. The molecule has 1 N–H and O–H groups in total. The Labute approximate surface area is 191 Å². The number of Topliss-reactive ketones (excluding diaryl/α,β-unsaturated/α-hetero) is 1. The molecule has 2 heterocycles. The van der Waals surface area contributed by atoms with Gasteiger partial charge in [0.25, 0.3) is 5.78 Å². The average Bonchev–Trinajstić information content (AvgIpc) is 3.37. The van der Waals surface area contributed by atoms with Gasteiger partial charge in [0.05, 0.1) is 25.3 Å². The Morgan fingerprint density at radius 1 is 1.12 bits per heavy atom. The van der Waals surface area contributed by atoms with Gasteiger partial charge in [-0.2, -0.15) is 0 Å². The quantitative estimate of drug-likeness (QED) is 0.325. The lowest BCUT2D eigenvalue weighted by Gasteiger charge is -2.23. The fourth-order valence-electron chi connectivity index (χ4n) is 3.77. The van der Waals surface area contributed by atoms with Crippen molar-refractivity contribution in [1.82, 2.24) is 5.16 Å². The monoisotopic (exact) mass is 448 g/mol. The van der Waals surface area contributed by atoms with Crippen LogP contribution in [-0.2, 0) is 9.59 Å². The Morgan fingerprint density at radius 3 is 2.58 bits per heavy atom. The van der Waals surface area contributed by atoms with Crippen LogP contribution in [0.2, 0.25) is 0 Å². The number of rotatable bonds is 7. The van der Waals surface area contributed by atoms with Crippen molar-refractivity contribution < 1.29 is 28.7 Å². The highest BCUT2D eigenvalue weighted by Gasteiger charge is 2.48. The number of anilines is 1. The molecule has 1 aliphatic rings. The SMILES string of the molecule is CCCOc1cccc([C@H]2C(=C(O)c3cccc(OC)c3)C(=O)C(=O)N2c2cc(C)on2)c1. The number of aromatic nitrogens is 1. The van der Waals surface area contributed by atoms with Crippen LogP contribution in [0.3, 0.4) is 0 Å². The Morgan fingerprint density at radius 2 is 1.88 bits per heavy atom. The lowest BCUT2D eigenvalue weighted by Crippen LogP contribution is -2.29. The normalized spacial score (nSPS) is 17.4. The number of ketones is 1. The second-order valence-corrected chi connectivity index (χ2v) is 7.62. The molecule has 0 unspecified atom stereocenters. The number of nitrogens with zero attached hydrogens (tertiary/aromatic N) is 2. The summed E-state index contributed by atoms with van der Waals surface area (Å²) in [6.07, 6.45) is 0.830. The average molecular weight is 448 g/mol. The zero-order valence-corrected chi connectivity index (χ0v) is 18.6. The van der Waals surface area contributed by atoms with Gasteiger partial charge in [0.15, 0.2) is 5.82 Å². The number of carbonyl (C=O) groups is 2. The van der Waals surface area contributed by atoms with Crippen molar-refractivity contribution in [2.75, 3.05) is 18.6 Å². The van der Waals surface area contributed by atoms with E-state index < -0.39 is 17.7 Å². The maximum absolute atomic E-state index is 13.2. The molecule has 1 aromatic heterocycles. The van der Waals surface area contributed by atoms with E-state index in [0.717, 1.165) is 6.42 Å². The van der Waals surface area contributed by atoms with Crippen LogP contribution >= 0.6 is 0 Å². The summed E-state index contributed by atoms with van der Waals surface area (Å²) in [4.78, 5) is 27.5. The molecule has 1 amide bonds. The molecule has 1 atom stereocenters. The molecule has 8 heteroatoms. The molecule has 1 saturated heterocycles. The molecule has 1 aliphatic heterocycles. The highest BCUT2D eigenvalue weighted by Crippen LogP contribution is 2.42. The van der Waals surface area contributed by atoms with Gasteiger partial charge in [-0.05, 0) is 43.2 Å². The minimum atomic E-state index is -0.925. The summed E-state index contributed by atoms with van der Waals surface area (Å²) in [6.45, 7) is 4.22. The fourth-order valence-corrected chi connectivity index (χ4v) is 3.77. The number of carbonyl (C=O) groups excluding carboxylic acids is 2. The first-order valence-electron chi connectivity index (χ1n) is 10.6. The zero-order valence-electron chi connectivity index (χ0n) is 18.6. The van der Waals surface area contributed by atoms with Crippen LogP contribution in [0, 0.1) is 6.92 Å². The summed E-state index contributed by atoms with van der Waals surface area (Å²) in [7, 11) is 1.51. The van der Waals surface area contributed by atoms with E-state index in [4.69, 9.17) is 14.0 Å². The van der Waals surface area contributed by atoms with Gasteiger partial charge in [0, 0.05) is 11.6 Å². The number of aliphatic hydroxyl groups is 1. The summed E-state index contributed by atoms with van der Waals surface area (Å²) < 4.78 is 16.1. The smallest absolute Gasteiger partial charge is 0.301 e. The van der Waals surface area contributed by atoms with E-state index in [1.54, 1.807) is 61.5 Å². The van der Waals surface area contributed by atoms with E-state index in [9.17, 15) is 14.7 Å². The zero-order chi connectivity index (χ0) is 23.5. The second-order valence-electron chi connectivity index (χ2n) is 7.62. The molecule has 4 rings (SSSR count). The molecule has 0 bridgehead atoms. The summed E-state index contributed by atoms with van der Waals surface area (Å²) in [6, 6.07) is 14.4. The molecule has 0 aliphatic carbocycles. The van der Waals surface area contributed by atoms with E-state index in [2.05, 4.69) is 5.16 Å². The van der Waals surface area contributed by atoms with Crippen molar-refractivity contribution in [3.63, 3.8) is 0 Å². The predicted octanol–water partition coefficient (Wildman–Crippen LogP) is 4.41. The van der Waals surface area contributed by atoms with Gasteiger partial charge in [-0.15, -0.1) is 0 Å². The van der Waals surface area contributed by atoms with Gasteiger partial charge in [0.1, 0.15) is 23.0 Å². The van der Waals surface area contributed by atoms with Crippen molar-refractivity contribution in [1.29, 1.82) is 0 Å². The standard InChI is InChI=1S/C25H24N2O6/c1-4-11-32-19-10-5-7-16(13-19)22-21(23(28)17-8-6-9-18(14-17)31-3)24(29)25(30)27(22)20-12-15(2)33-26-20/h5-10,12-14,22,28H,4,11H2,1-3H3/t22-/m0/s1. The van der Waals surface area contributed by atoms with Gasteiger partial charge in [-0.1, -0.05) is 36.3 Å². The lowest BCUT2D eigenvalue weighted by atomic mass is 9.95. The van der Waals surface area contributed by atoms with Crippen molar-refractivity contribution in [2.24, 2.45) is 0 Å². The van der Waals surface area contributed by atoms with Gasteiger partial charge in [-0.3, -0.25) is 14.5 Å². The number of hydrogen-bond donors (Lipinski definition) is 1. The van der Waals surface area contributed by atoms with Gasteiger partial charge in [0.2, 0.25) is 0 Å². The highest BCUT2D eigenvalue weighted by atomic mass is 16.5. The number of hydrogen-bond acceptors (Lipinski definition) is 7. The number of benzene rings is 2. The largest absolute Gasteiger partial charge is 0.507 e. The van der Waals surface area contributed by atoms with E-state index in [-0.39, 0.29) is 17.2 Å². The number of methoxy groups -OCH3 is 1. The van der Waals surface area contributed by atoms with Crippen LogP contribution in [0.15, 0.2) is 64.7 Å². The maximum atomic E-state index is 13.2. The third kappa shape index (κ3) is 4.19. The number of amides is 1. The van der Waals surface area contributed by atoms with Gasteiger partial charge >= 0.3 is 5.91 Å². The molecule has 1 fully saturated rings. The first kappa shape index (κ1) is 22.1. The van der Waals surface area contributed by atoms with Crippen molar-refractivity contribution >= 4 is 23.3 Å². The van der Waals surface area contributed by atoms with Crippen LogP contribution in [0.25, 0.3) is 5.76 Å². The van der Waals surface area contributed by atoms with Gasteiger partial charge in [-0.25, -0.2) is 0 Å². The Bertz CT molecular complexity index is 1230. The minimum Gasteiger partial charge on any atom is -0.507 e. The van der Waals surface area contributed by atoms with Crippen LogP contribution in [0.1, 0.15) is 36.3 Å². The Balaban J connectivity index is 1.90. The van der Waals surface area contributed by atoms with E-state index in [0.29, 0.717) is 35.0 Å². The molecule has 0 spiro atoms. The van der Waals surface area contributed by atoms with Crippen molar-refractivity contribution in [2.45, 2.75) is 26.3 Å². The minimum absolute atomic E-state index is 0.0541. The van der Waals surface area contributed by atoms with E-state index in [1.165, 1.54) is 12.0 Å². The molecule has 0 radical (unpaired) electrons. The van der Waals surface area contributed by atoms with Crippen LogP contribution in [0.4, 0.5) is 5.82 Å². The first-order chi connectivity index (χ1) is 15.9. The van der Waals surface area contributed by atoms with Crippen molar-refractivity contribution in [3.05, 3.63) is 77.1 Å². The molecule has 2 aromatic carbocycles. The summed E-state index contributed by atoms with van der Waals surface area (Å²) in [5.74, 6) is -0.162. The second kappa shape index (κ2) is 9.20. The number of aliphatic hydroxyl groups excluding tert-OH is 1. The predicted molar refractivity (Wildman–Crippen MR) is 121 cm³/mol. The molecule has 8 nitrogen and oxygen atoms in total. The summed E-state index contributed by atoms with van der Waals surface area (Å²) in [5, 5.41) is 15.1. The Kier molecular flexibility index (Phi) is 6.17. The van der Waals surface area contributed by atoms with E-state index in [1.807, 2.05) is 6.92 Å². The number of ether oxygens (including phenoxy) is 2. The molecule has 33 heavy (non-hydrogen) atoms. The molecule has 170 valence electrons. The molecular weight excluding hydrogens is 424 g/mol. The topological polar surface area (TPSA) is 102 Å². The lowest BCUT2D eigenvalue weighted by molar-refractivity contribution is -0.132. The van der Waals surface area contributed by atoms with Crippen LogP contribution < -0.4 is 14.4 Å². The Hall–Kier alpha value is -4.07.